The number of hydrogen-bond acceptors (Lipinski definition) is 4. The molecule has 0 spiro atoms. The predicted octanol–water partition coefficient (Wildman–Crippen LogP) is 3.20. The SMILES string of the molecule is Cc1nc(Nc2ccc(F)c(Cl)c2)c2cn[nH]c2n1. The van der Waals surface area contributed by atoms with Crippen molar-refractivity contribution in [2.45, 2.75) is 6.92 Å². The second-order valence-corrected chi connectivity index (χ2v) is 4.41. The van der Waals surface area contributed by atoms with Crippen molar-refractivity contribution in [3.8, 4) is 0 Å². The van der Waals surface area contributed by atoms with E-state index in [1.54, 1.807) is 19.2 Å². The van der Waals surface area contributed by atoms with Crippen LogP contribution in [0.5, 0.6) is 0 Å². The first-order valence-corrected chi connectivity index (χ1v) is 5.91. The lowest BCUT2D eigenvalue weighted by molar-refractivity contribution is 0.628. The number of rotatable bonds is 2. The van der Waals surface area contributed by atoms with E-state index in [0.717, 1.165) is 5.39 Å². The smallest absolute Gasteiger partial charge is 0.161 e. The Labute approximate surface area is 112 Å². The Morgan fingerprint density at radius 2 is 2.16 bits per heavy atom. The van der Waals surface area contributed by atoms with Crippen LogP contribution in [0.4, 0.5) is 15.9 Å². The van der Waals surface area contributed by atoms with E-state index in [4.69, 9.17) is 11.6 Å². The summed E-state index contributed by atoms with van der Waals surface area (Å²) in [6, 6.07) is 4.39. The van der Waals surface area contributed by atoms with Gasteiger partial charge in [0.15, 0.2) is 5.65 Å². The quantitative estimate of drug-likeness (QED) is 0.755. The van der Waals surface area contributed by atoms with Crippen molar-refractivity contribution in [2.24, 2.45) is 0 Å². The van der Waals surface area contributed by atoms with Crippen LogP contribution in [-0.2, 0) is 0 Å². The molecule has 0 bridgehead atoms. The highest BCUT2D eigenvalue weighted by Crippen LogP contribution is 2.25. The summed E-state index contributed by atoms with van der Waals surface area (Å²) in [6.45, 7) is 1.78. The minimum atomic E-state index is -0.459. The van der Waals surface area contributed by atoms with Crippen molar-refractivity contribution >= 4 is 34.1 Å². The normalized spacial score (nSPS) is 10.9. The van der Waals surface area contributed by atoms with Crippen LogP contribution in [0.1, 0.15) is 5.82 Å². The summed E-state index contributed by atoms with van der Waals surface area (Å²) < 4.78 is 13.1. The molecule has 0 aliphatic carbocycles. The molecule has 7 heteroatoms. The van der Waals surface area contributed by atoms with Crippen molar-refractivity contribution in [1.29, 1.82) is 0 Å². The van der Waals surface area contributed by atoms with Crippen molar-refractivity contribution in [2.75, 3.05) is 5.32 Å². The van der Waals surface area contributed by atoms with Crippen LogP contribution in [0.15, 0.2) is 24.4 Å². The Hall–Kier alpha value is -2.21. The largest absolute Gasteiger partial charge is 0.339 e. The number of nitrogens with zero attached hydrogens (tertiary/aromatic N) is 3. The lowest BCUT2D eigenvalue weighted by Gasteiger charge is -2.07. The molecule has 0 fully saturated rings. The van der Waals surface area contributed by atoms with Gasteiger partial charge in [0.25, 0.3) is 0 Å². The number of aromatic amines is 1. The van der Waals surface area contributed by atoms with Crippen LogP contribution >= 0.6 is 11.6 Å². The number of fused-ring (bicyclic) bond motifs is 1. The molecule has 96 valence electrons. The lowest BCUT2D eigenvalue weighted by atomic mass is 10.3. The Bertz CT molecular complexity index is 755. The molecule has 3 aromatic rings. The molecule has 0 saturated heterocycles. The van der Waals surface area contributed by atoms with Crippen LogP contribution in [-0.4, -0.2) is 20.2 Å². The zero-order valence-corrected chi connectivity index (χ0v) is 10.7. The highest BCUT2D eigenvalue weighted by atomic mass is 35.5. The zero-order valence-electron chi connectivity index (χ0n) is 9.91. The summed E-state index contributed by atoms with van der Waals surface area (Å²) in [7, 11) is 0. The van der Waals surface area contributed by atoms with Gasteiger partial charge < -0.3 is 5.32 Å². The minimum absolute atomic E-state index is 0.0548. The fraction of sp³-hybridized carbons (Fsp3) is 0.0833. The first-order valence-electron chi connectivity index (χ1n) is 5.53. The molecule has 19 heavy (non-hydrogen) atoms. The molecular weight excluding hydrogens is 269 g/mol. The first-order chi connectivity index (χ1) is 9.13. The van der Waals surface area contributed by atoms with Crippen LogP contribution in [0, 0.1) is 12.7 Å². The van der Waals surface area contributed by atoms with E-state index >= 15 is 0 Å². The average molecular weight is 278 g/mol. The van der Waals surface area contributed by atoms with E-state index in [2.05, 4.69) is 25.5 Å². The maximum atomic E-state index is 13.1. The van der Waals surface area contributed by atoms with Gasteiger partial charge >= 0.3 is 0 Å². The Morgan fingerprint density at radius 1 is 1.32 bits per heavy atom. The second kappa shape index (κ2) is 4.47. The summed E-state index contributed by atoms with van der Waals surface area (Å²) in [5.41, 5.74) is 1.29. The van der Waals surface area contributed by atoms with Gasteiger partial charge in [-0.15, -0.1) is 0 Å². The van der Waals surface area contributed by atoms with Gasteiger partial charge in [0.1, 0.15) is 17.5 Å². The topological polar surface area (TPSA) is 66.5 Å². The molecule has 0 saturated carbocycles. The summed E-state index contributed by atoms with van der Waals surface area (Å²) in [5, 5.41) is 10.6. The van der Waals surface area contributed by atoms with Crippen molar-refractivity contribution in [1.82, 2.24) is 20.2 Å². The van der Waals surface area contributed by atoms with Gasteiger partial charge in [0, 0.05) is 5.69 Å². The number of aryl methyl sites for hydroxylation is 1. The molecule has 2 heterocycles. The van der Waals surface area contributed by atoms with E-state index in [9.17, 15) is 4.39 Å². The maximum Gasteiger partial charge on any atom is 0.161 e. The molecule has 3 rings (SSSR count). The van der Waals surface area contributed by atoms with Crippen LogP contribution in [0.3, 0.4) is 0 Å². The molecule has 0 radical (unpaired) electrons. The number of nitrogens with one attached hydrogen (secondary N) is 2. The number of halogens is 2. The molecule has 0 amide bonds. The monoisotopic (exact) mass is 277 g/mol. The zero-order chi connectivity index (χ0) is 13.4. The van der Waals surface area contributed by atoms with Crippen molar-refractivity contribution in [3.05, 3.63) is 41.1 Å². The molecule has 2 aromatic heterocycles. The Kier molecular flexibility index (Phi) is 2.79. The first kappa shape index (κ1) is 11.9. The molecular formula is C12H9ClFN5. The van der Waals surface area contributed by atoms with Crippen LogP contribution in [0.25, 0.3) is 11.0 Å². The van der Waals surface area contributed by atoms with Gasteiger partial charge in [-0.1, -0.05) is 11.6 Å². The number of anilines is 2. The van der Waals surface area contributed by atoms with Gasteiger partial charge in [-0.3, -0.25) is 5.10 Å². The summed E-state index contributed by atoms with van der Waals surface area (Å²) in [4.78, 5) is 8.52. The van der Waals surface area contributed by atoms with E-state index in [1.165, 1.54) is 12.1 Å². The molecule has 0 unspecified atom stereocenters. The standard InChI is InChI=1S/C12H9ClFN5/c1-6-16-11(8-5-15-19-12(8)17-6)18-7-2-3-10(14)9(13)4-7/h2-5H,1H3,(H2,15,16,17,18,19). The molecule has 1 aromatic carbocycles. The van der Waals surface area contributed by atoms with Crippen LogP contribution in [0.2, 0.25) is 5.02 Å². The third-order valence-corrected chi connectivity index (χ3v) is 2.89. The van der Waals surface area contributed by atoms with E-state index in [1.807, 2.05) is 0 Å². The predicted molar refractivity (Wildman–Crippen MR) is 71.1 cm³/mol. The third-order valence-electron chi connectivity index (χ3n) is 2.60. The van der Waals surface area contributed by atoms with Gasteiger partial charge in [0.05, 0.1) is 16.6 Å². The molecule has 5 nitrogen and oxygen atoms in total. The number of benzene rings is 1. The Morgan fingerprint density at radius 3 is 2.95 bits per heavy atom. The second-order valence-electron chi connectivity index (χ2n) is 4.01. The van der Waals surface area contributed by atoms with Crippen LogP contribution < -0.4 is 5.32 Å². The molecule has 0 aliphatic heterocycles. The van der Waals surface area contributed by atoms with Gasteiger partial charge in [-0.05, 0) is 25.1 Å². The minimum Gasteiger partial charge on any atom is -0.339 e. The van der Waals surface area contributed by atoms with E-state index in [-0.39, 0.29) is 5.02 Å². The van der Waals surface area contributed by atoms with Gasteiger partial charge in [0.2, 0.25) is 0 Å². The highest BCUT2D eigenvalue weighted by Gasteiger charge is 2.08. The van der Waals surface area contributed by atoms with Crippen molar-refractivity contribution < 1.29 is 4.39 Å². The summed E-state index contributed by atoms with van der Waals surface area (Å²) in [6.07, 6.45) is 1.63. The molecule has 2 N–H and O–H groups in total. The van der Waals surface area contributed by atoms with E-state index in [0.29, 0.717) is 23.0 Å². The number of aromatic nitrogens is 4. The highest BCUT2D eigenvalue weighted by molar-refractivity contribution is 6.31. The molecule has 0 atom stereocenters. The maximum absolute atomic E-state index is 13.1. The van der Waals surface area contributed by atoms with Gasteiger partial charge in [-0.2, -0.15) is 5.10 Å². The average Bonchev–Trinajstić information content (AvgIpc) is 2.82. The fourth-order valence-corrected chi connectivity index (χ4v) is 1.93. The third kappa shape index (κ3) is 2.22. The summed E-state index contributed by atoms with van der Waals surface area (Å²) >= 11 is 5.74. The Balaban J connectivity index is 2.04. The number of hydrogen-bond donors (Lipinski definition) is 2. The lowest BCUT2D eigenvalue weighted by Crippen LogP contribution is -1.98. The molecule has 0 aliphatic rings. The summed E-state index contributed by atoms with van der Waals surface area (Å²) in [5.74, 6) is 0.742. The van der Waals surface area contributed by atoms with Crippen molar-refractivity contribution in [3.63, 3.8) is 0 Å². The fourth-order valence-electron chi connectivity index (χ4n) is 1.75. The van der Waals surface area contributed by atoms with Gasteiger partial charge in [-0.25, -0.2) is 14.4 Å². The number of H-pyrrole nitrogens is 1. The van der Waals surface area contributed by atoms with E-state index < -0.39 is 5.82 Å².